The predicted molar refractivity (Wildman–Crippen MR) is 82.9 cm³/mol. The summed E-state index contributed by atoms with van der Waals surface area (Å²) in [6, 6.07) is 10.2. The van der Waals surface area contributed by atoms with E-state index in [0.29, 0.717) is 11.1 Å². The molecule has 2 N–H and O–H groups in total. The topological polar surface area (TPSA) is 110 Å². The van der Waals surface area contributed by atoms with Crippen molar-refractivity contribution in [2.45, 2.75) is 24.7 Å². The van der Waals surface area contributed by atoms with Crippen molar-refractivity contribution in [3.63, 3.8) is 0 Å². The first kappa shape index (κ1) is 14.8. The van der Waals surface area contributed by atoms with E-state index < -0.39 is 11.3 Å². The van der Waals surface area contributed by atoms with Gasteiger partial charge >= 0.3 is 0 Å². The molecule has 0 saturated heterocycles. The van der Waals surface area contributed by atoms with Crippen molar-refractivity contribution in [3.8, 4) is 18.2 Å². The number of aromatic nitrogens is 1. The van der Waals surface area contributed by atoms with Crippen LogP contribution in [0.5, 0.6) is 0 Å². The van der Waals surface area contributed by atoms with Crippen molar-refractivity contribution in [2.24, 2.45) is 17.6 Å². The summed E-state index contributed by atoms with van der Waals surface area (Å²) >= 11 is 0. The molecule has 0 spiro atoms. The molecule has 0 bridgehead atoms. The van der Waals surface area contributed by atoms with Crippen LogP contribution in [0.25, 0.3) is 0 Å². The third-order valence-corrected chi connectivity index (χ3v) is 4.88. The van der Waals surface area contributed by atoms with Gasteiger partial charge in [-0.25, -0.2) is 0 Å². The van der Waals surface area contributed by atoms with Gasteiger partial charge in [-0.2, -0.15) is 15.8 Å². The summed E-state index contributed by atoms with van der Waals surface area (Å²) in [5, 5.41) is 29.4. The van der Waals surface area contributed by atoms with Crippen molar-refractivity contribution in [2.75, 3.05) is 0 Å². The van der Waals surface area contributed by atoms with Gasteiger partial charge in [0.1, 0.15) is 11.5 Å². The molecule has 0 unspecified atom stereocenters. The van der Waals surface area contributed by atoms with E-state index in [1.165, 1.54) is 0 Å². The van der Waals surface area contributed by atoms with Gasteiger partial charge in [0.15, 0.2) is 0 Å². The van der Waals surface area contributed by atoms with Gasteiger partial charge in [-0.1, -0.05) is 12.1 Å². The fraction of sp³-hybridized carbons (Fsp3) is 0.333. The first-order valence-electron chi connectivity index (χ1n) is 7.52. The summed E-state index contributed by atoms with van der Waals surface area (Å²) in [5.41, 5.74) is 6.90. The minimum atomic E-state index is -1.33. The summed E-state index contributed by atoms with van der Waals surface area (Å²) in [4.78, 5) is 4.07. The highest BCUT2D eigenvalue weighted by Crippen LogP contribution is 2.52. The van der Waals surface area contributed by atoms with E-state index in [0.717, 1.165) is 24.8 Å². The lowest BCUT2D eigenvalue weighted by atomic mass is 9.56. The Balaban J connectivity index is 2.36. The average molecular weight is 301 g/mol. The van der Waals surface area contributed by atoms with Crippen molar-refractivity contribution >= 4 is 0 Å². The van der Waals surface area contributed by atoms with Gasteiger partial charge in [0.2, 0.25) is 0 Å². The average Bonchev–Trinajstić information content (AvgIpc) is 2.61. The Labute approximate surface area is 135 Å². The Morgan fingerprint density at radius 2 is 2.13 bits per heavy atom. The number of hydrogen-bond donors (Lipinski definition) is 1. The van der Waals surface area contributed by atoms with Crippen LogP contribution in [0.4, 0.5) is 0 Å². The zero-order valence-corrected chi connectivity index (χ0v) is 12.5. The normalized spacial score (nSPS) is 29.5. The van der Waals surface area contributed by atoms with E-state index in [2.05, 4.69) is 23.2 Å². The SMILES string of the molecule is N#CC1=C(N)[C@](C#N)(c2cccnc2)[C@@H](C#N)[C@H]2CCCC=C12. The smallest absolute Gasteiger partial charge is 0.140 e. The van der Waals surface area contributed by atoms with Crippen LogP contribution >= 0.6 is 0 Å². The Hall–Kier alpha value is -3.10. The maximum atomic E-state index is 10.00. The first-order valence-corrected chi connectivity index (χ1v) is 7.52. The lowest BCUT2D eigenvalue weighted by Gasteiger charge is -2.43. The Morgan fingerprint density at radius 3 is 2.74 bits per heavy atom. The minimum absolute atomic E-state index is 0.143. The second kappa shape index (κ2) is 5.59. The largest absolute Gasteiger partial charge is 0.399 e. The summed E-state index contributed by atoms with van der Waals surface area (Å²) in [7, 11) is 0. The first-order chi connectivity index (χ1) is 11.2. The maximum absolute atomic E-state index is 10.00. The van der Waals surface area contributed by atoms with Crippen LogP contribution in [0.2, 0.25) is 0 Å². The highest BCUT2D eigenvalue weighted by Gasteiger charge is 2.54. The van der Waals surface area contributed by atoms with Gasteiger partial charge in [0, 0.05) is 18.3 Å². The molecular weight excluding hydrogens is 286 g/mol. The van der Waals surface area contributed by atoms with Crippen LogP contribution in [0.3, 0.4) is 0 Å². The lowest BCUT2D eigenvalue weighted by molar-refractivity contribution is 0.312. The van der Waals surface area contributed by atoms with Crippen LogP contribution in [-0.2, 0) is 5.41 Å². The maximum Gasteiger partial charge on any atom is 0.140 e. The Bertz CT molecular complexity index is 816. The van der Waals surface area contributed by atoms with Crippen LogP contribution < -0.4 is 5.73 Å². The molecule has 0 saturated carbocycles. The van der Waals surface area contributed by atoms with Gasteiger partial charge in [-0.05, 0) is 36.5 Å². The number of pyridine rings is 1. The second-order valence-electron chi connectivity index (χ2n) is 5.87. The molecular formula is C18H15N5. The number of fused-ring (bicyclic) bond motifs is 1. The van der Waals surface area contributed by atoms with Crippen molar-refractivity contribution in [1.29, 1.82) is 15.8 Å². The Morgan fingerprint density at radius 1 is 1.30 bits per heavy atom. The predicted octanol–water partition coefficient (Wildman–Crippen LogP) is 2.46. The van der Waals surface area contributed by atoms with E-state index in [9.17, 15) is 15.8 Å². The molecule has 1 aromatic rings. The van der Waals surface area contributed by atoms with Crippen LogP contribution in [0.15, 0.2) is 47.4 Å². The molecule has 2 aliphatic rings. The summed E-state index contributed by atoms with van der Waals surface area (Å²) < 4.78 is 0. The standard InChI is InChI=1S/C18H15N5/c19-8-15-13-5-1-2-6-14(13)16(9-20)18(11-21,17(15)22)12-4-3-7-23-10-12/h3-5,7,10,14,16H,1-2,6,22H2/t14-,16-,18+/m0/s1. The molecule has 5 heteroatoms. The number of nitriles is 3. The van der Waals surface area contributed by atoms with Gasteiger partial charge in [-0.15, -0.1) is 0 Å². The summed E-state index contributed by atoms with van der Waals surface area (Å²) in [6.45, 7) is 0. The molecule has 5 nitrogen and oxygen atoms in total. The molecule has 0 amide bonds. The van der Waals surface area contributed by atoms with E-state index in [-0.39, 0.29) is 11.6 Å². The zero-order valence-electron chi connectivity index (χ0n) is 12.5. The van der Waals surface area contributed by atoms with Crippen LogP contribution in [0.1, 0.15) is 24.8 Å². The quantitative estimate of drug-likeness (QED) is 0.856. The Kier molecular flexibility index (Phi) is 3.61. The molecule has 0 fully saturated rings. The molecule has 2 aliphatic carbocycles. The highest BCUT2D eigenvalue weighted by molar-refractivity contribution is 5.60. The van der Waals surface area contributed by atoms with E-state index in [1.54, 1.807) is 24.5 Å². The third-order valence-electron chi connectivity index (χ3n) is 4.88. The molecule has 3 atom stereocenters. The van der Waals surface area contributed by atoms with Gasteiger partial charge < -0.3 is 5.73 Å². The molecule has 1 heterocycles. The third kappa shape index (κ3) is 1.93. The minimum Gasteiger partial charge on any atom is -0.399 e. The van der Waals surface area contributed by atoms with E-state index in [4.69, 9.17) is 5.73 Å². The highest BCUT2D eigenvalue weighted by atomic mass is 14.7. The monoisotopic (exact) mass is 301 g/mol. The van der Waals surface area contributed by atoms with Crippen LogP contribution in [-0.4, -0.2) is 4.98 Å². The molecule has 112 valence electrons. The zero-order chi connectivity index (χ0) is 16.4. The number of nitrogens with two attached hydrogens (primary N) is 1. The molecule has 0 radical (unpaired) electrons. The fourth-order valence-electron chi connectivity index (χ4n) is 3.79. The number of nitrogens with zero attached hydrogens (tertiary/aromatic N) is 4. The van der Waals surface area contributed by atoms with Gasteiger partial charge in [0.05, 0.1) is 29.3 Å². The van der Waals surface area contributed by atoms with E-state index in [1.807, 2.05) is 6.08 Å². The second-order valence-corrected chi connectivity index (χ2v) is 5.87. The van der Waals surface area contributed by atoms with Gasteiger partial charge in [-0.3, -0.25) is 4.98 Å². The number of allylic oxidation sites excluding steroid dienone is 4. The lowest BCUT2D eigenvalue weighted by Crippen LogP contribution is -2.47. The molecule has 23 heavy (non-hydrogen) atoms. The van der Waals surface area contributed by atoms with E-state index >= 15 is 0 Å². The summed E-state index contributed by atoms with van der Waals surface area (Å²) in [6.07, 6.45) is 7.76. The van der Waals surface area contributed by atoms with Crippen molar-refractivity contribution in [3.05, 3.63) is 53.0 Å². The number of hydrogen-bond acceptors (Lipinski definition) is 5. The number of rotatable bonds is 1. The molecule has 3 rings (SSSR count). The van der Waals surface area contributed by atoms with Crippen molar-refractivity contribution in [1.82, 2.24) is 4.98 Å². The molecule has 0 aromatic carbocycles. The summed E-state index contributed by atoms with van der Waals surface area (Å²) in [5.74, 6) is -0.768. The molecule has 1 aromatic heterocycles. The fourth-order valence-corrected chi connectivity index (χ4v) is 3.79. The van der Waals surface area contributed by atoms with Gasteiger partial charge in [0.25, 0.3) is 0 Å². The van der Waals surface area contributed by atoms with Crippen LogP contribution in [0, 0.1) is 45.8 Å². The van der Waals surface area contributed by atoms with Crippen molar-refractivity contribution < 1.29 is 0 Å². The molecule has 0 aliphatic heterocycles.